The van der Waals surface area contributed by atoms with Crippen LogP contribution in [0, 0.1) is 0 Å². The van der Waals surface area contributed by atoms with E-state index in [-0.39, 0.29) is 13.2 Å². The van der Waals surface area contributed by atoms with Crippen LogP contribution in [0.1, 0.15) is 12.7 Å². The summed E-state index contributed by atoms with van der Waals surface area (Å²) < 4.78 is 5.41. The fourth-order valence-corrected chi connectivity index (χ4v) is 1.57. The predicted molar refractivity (Wildman–Crippen MR) is 65.9 cm³/mol. The SMILES string of the molecule is CCc1nc(OCCO)c2cc(N)ccc2n1. The molecule has 90 valence electrons. The number of aliphatic hydroxyl groups is 1. The van der Waals surface area contributed by atoms with Crippen LogP contribution in [0.4, 0.5) is 5.69 Å². The van der Waals surface area contributed by atoms with Crippen molar-refractivity contribution in [1.29, 1.82) is 0 Å². The van der Waals surface area contributed by atoms with E-state index in [0.29, 0.717) is 11.6 Å². The van der Waals surface area contributed by atoms with Crippen molar-refractivity contribution < 1.29 is 9.84 Å². The second-order valence-electron chi connectivity index (χ2n) is 3.65. The monoisotopic (exact) mass is 233 g/mol. The number of rotatable bonds is 4. The van der Waals surface area contributed by atoms with Gasteiger partial charge in [-0.2, -0.15) is 4.98 Å². The van der Waals surface area contributed by atoms with Crippen LogP contribution in [0.5, 0.6) is 5.88 Å². The first-order valence-corrected chi connectivity index (χ1v) is 5.54. The summed E-state index contributed by atoms with van der Waals surface area (Å²) in [4.78, 5) is 8.69. The maximum atomic E-state index is 8.79. The molecule has 0 radical (unpaired) electrons. The van der Waals surface area contributed by atoms with Gasteiger partial charge in [0.25, 0.3) is 0 Å². The van der Waals surface area contributed by atoms with Crippen LogP contribution >= 0.6 is 0 Å². The van der Waals surface area contributed by atoms with Gasteiger partial charge in [-0.25, -0.2) is 4.98 Å². The molecule has 5 heteroatoms. The minimum absolute atomic E-state index is 0.0464. The zero-order valence-corrected chi connectivity index (χ0v) is 9.68. The topological polar surface area (TPSA) is 81.3 Å². The smallest absolute Gasteiger partial charge is 0.224 e. The molecule has 0 aliphatic heterocycles. The van der Waals surface area contributed by atoms with Crippen LogP contribution in [0.3, 0.4) is 0 Å². The molecule has 0 unspecified atom stereocenters. The van der Waals surface area contributed by atoms with Gasteiger partial charge >= 0.3 is 0 Å². The van der Waals surface area contributed by atoms with Crippen molar-refractivity contribution in [3.8, 4) is 5.88 Å². The Labute approximate surface area is 99.3 Å². The van der Waals surface area contributed by atoms with Gasteiger partial charge in [-0.3, -0.25) is 0 Å². The first-order valence-electron chi connectivity index (χ1n) is 5.54. The molecule has 5 nitrogen and oxygen atoms in total. The van der Waals surface area contributed by atoms with Crippen molar-refractivity contribution in [2.24, 2.45) is 0 Å². The van der Waals surface area contributed by atoms with Crippen LogP contribution in [0.2, 0.25) is 0 Å². The van der Waals surface area contributed by atoms with Crippen LogP contribution in [0.25, 0.3) is 10.9 Å². The van der Waals surface area contributed by atoms with E-state index < -0.39 is 0 Å². The normalized spacial score (nSPS) is 10.7. The van der Waals surface area contributed by atoms with Gasteiger partial charge in [-0.05, 0) is 18.2 Å². The Bertz CT molecular complexity index is 528. The number of anilines is 1. The molecule has 0 bridgehead atoms. The molecule has 0 saturated heterocycles. The van der Waals surface area contributed by atoms with Crippen LogP contribution in [-0.4, -0.2) is 28.3 Å². The fraction of sp³-hybridized carbons (Fsp3) is 0.333. The lowest BCUT2D eigenvalue weighted by Gasteiger charge is -2.09. The second kappa shape index (κ2) is 4.97. The lowest BCUT2D eigenvalue weighted by atomic mass is 10.2. The fourth-order valence-electron chi connectivity index (χ4n) is 1.57. The molecule has 0 aliphatic carbocycles. The molecule has 0 saturated carbocycles. The largest absolute Gasteiger partial charge is 0.475 e. The number of hydrogen-bond donors (Lipinski definition) is 2. The third-order valence-corrected chi connectivity index (χ3v) is 2.38. The molecule has 17 heavy (non-hydrogen) atoms. The van der Waals surface area contributed by atoms with E-state index in [1.54, 1.807) is 12.1 Å². The molecular formula is C12H15N3O2. The molecule has 1 heterocycles. The summed E-state index contributed by atoms with van der Waals surface area (Å²) in [5.74, 6) is 1.20. The number of aliphatic hydroxyl groups excluding tert-OH is 1. The minimum atomic E-state index is -0.0464. The van der Waals surface area contributed by atoms with E-state index in [9.17, 15) is 0 Å². The second-order valence-corrected chi connectivity index (χ2v) is 3.65. The zero-order valence-electron chi connectivity index (χ0n) is 9.68. The number of fused-ring (bicyclic) bond motifs is 1. The summed E-state index contributed by atoms with van der Waals surface area (Å²) in [5.41, 5.74) is 7.17. The molecule has 2 aromatic rings. The van der Waals surface area contributed by atoms with Crippen LogP contribution in [-0.2, 0) is 6.42 Å². The zero-order chi connectivity index (χ0) is 12.3. The highest BCUT2D eigenvalue weighted by atomic mass is 16.5. The third kappa shape index (κ3) is 2.45. The van der Waals surface area contributed by atoms with E-state index in [2.05, 4.69) is 9.97 Å². The van der Waals surface area contributed by atoms with Gasteiger partial charge in [0, 0.05) is 12.1 Å². The summed E-state index contributed by atoms with van der Waals surface area (Å²) in [7, 11) is 0. The average Bonchev–Trinajstić information content (AvgIpc) is 2.35. The molecule has 0 atom stereocenters. The Morgan fingerprint density at radius 2 is 2.18 bits per heavy atom. The maximum Gasteiger partial charge on any atom is 0.224 e. The summed E-state index contributed by atoms with van der Waals surface area (Å²) in [6.45, 7) is 2.15. The van der Waals surface area contributed by atoms with E-state index in [1.165, 1.54) is 0 Å². The van der Waals surface area contributed by atoms with E-state index >= 15 is 0 Å². The van der Waals surface area contributed by atoms with Gasteiger partial charge in [-0.15, -0.1) is 0 Å². The number of nitrogens with zero attached hydrogens (tertiary/aromatic N) is 2. The number of benzene rings is 1. The highest BCUT2D eigenvalue weighted by Crippen LogP contribution is 2.24. The number of aryl methyl sites for hydroxylation is 1. The van der Waals surface area contributed by atoms with E-state index in [0.717, 1.165) is 23.1 Å². The van der Waals surface area contributed by atoms with E-state index in [4.69, 9.17) is 15.6 Å². The van der Waals surface area contributed by atoms with Crippen molar-refractivity contribution in [2.75, 3.05) is 18.9 Å². The predicted octanol–water partition coefficient (Wildman–Crippen LogP) is 1.15. The molecule has 0 fully saturated rings. The van der Waals surface area contributed by atoms with Crippen molar-refractivity contribution in [1.82, 2.24) is 9.97 Å². The molecular weight excluding hydrogens is 218 g/mol. The number of hydrogen-bond acceptors (Lipinski definition) is 5. The number of nitrogen functional groups attached to an aromatic ring is 1. The highest BCUT2D eigenvalue weighted by Gasteiger charge is 2.08. The van der Waals surface area contributed by atoms with E-state index in [1.807, 2.05) is 13.0 Å². The Kier molecular flexibility index (Phi) is 3.39. The molecule has 1 aromatic carbocycles. The summed E-state index contributed by atoms with van der Waals surface area (Å²) in [6, 6.07) is 5.42. The Morgan fingerprint density at radius 3 is 2.88 bits per heavy atom. The lowest BCUT2D eigenvalue weighted by molar-refractivity contribution is 0.198. The van der Waals surface area contributed by atoms with Gasteiger partial charge < -0.3 is 15.6 Å². The molecule has 3 N–H and O–H groups in total. The summed E-state index contributed by atoms with van der Waals surface area (Å²) >= 11 is 0. The summed E-state index contributed by atoms with van der Waals surface area (Å²) in [5, 5.41) is 9.56. The molecule has 2 rings (SSSR count). The standard InChI is InChI=1S/C12H15N3O2/c1-2-11-14-10-4-3-8(13)7-9(10)12(15-11)17-6-5-16/h3-4,7,16H,2,5-6,13H2,1H3. The Hall–Kier alpha value is -1.88. The minimum Gasteiger partial charge on any atom is -0.475 e. The quantitative estimate of drug-likeness (QED) is 0.774. The van der Waals surface area contributed by atoms with Crippen molar-refractivity contribution in [2.45, 2.75) is 13.3 Å². The number of aromatic nitrogens is 2. The average molecular weight is 233 g/mol. The first kappa shape index (κ1) is 11.6. The number of nitrogens with two attached hydrogens (primary N) is 1. The highest BCUT2D eigenvalue weighted by molar-refractivity contribution is 5.86. The molecule has 1 aromatic heterocycles. The molecule has 0 spiro atoms. The van der Waals surface area contributed by atoms with Crippen LogP contribution in [0.15, 0.2) is 18.2 Å². The maximum absolute atomic E-state index is 8.79. The third-order valence-electron chi connectivity index (χ3n) is 2.38. The first-order chi connectivity index (χ1) is 8.24. The van der Waals surface area contributed by atoms with Gasteiger partial charge in [0.05, 0.1) is 17.5 Å². The van der Waals surface area contributed by atoms with Crippen LogP contribution < -0.4 is 10.5 Å². The molecule has 0 amide bonds. The van der Waals surface area contributed by atoms with Gasteiger partial charge in [0.15, 0.2) is 0 Å². The van der Waals surface area contributed by atoms with Crippen molar-refractivity contribution in [3.05, 3.63) is 24.0 Å². The Morgan fingerprint density at radius 1 is 1.35 bits per heavy atom. The summed E-state index contributed by atoms with van der Waals surface area (Å²) in [6.07, 6.45) is 0.732. The molecule has 0 aliphatic rings. The van der Waals surface area contributed by atoms with Crippen molar-refractivity contribution >= 4 is 16.6 Å². The van der Waals surface area contributed by atoms with Crippen molar-refractivity contribution in [3.63, 3.8) is 0 Å². The Balaban J connectivity index is 2.55. The van der Waals surface area contributed by atoms with Gasteiger partial charge in [-0.1, -0.05) is 6.92 Å². The van der Waals surface area contributed by atoms with Gasteiger partial charge in [0.1, 0.15) is 12.4 Å². The van der Waals surface area contributed by atoms with Gasteiger partial charge in [0.2, 0.25) is 5.88 Å². The number of ether oxygens (including phenoxy) is 1. The lowest BCUT2D eigenvalue weighted by Crippen LogP contribution is -2.06.